The molecule has 0 saturated heterocycles. The molecule has 13 heteroatoms. The Morgan fingerprint density at radius 2 is 1.93 bits per heavy atom. The van der Waals surface area contributed by atoms with Crippen LogP contribution in [0.5, 0.6) is 0 Å². The molecule has 142 valence electrons. The Bertz CT molecular complexity index is 1110. The number of tetrazole rings is 1. The third kappa shape index (κ3) is 3.45. The van der Waals surface area contributed by atoms with E-state index in [9.17, 15) is 26.0 Å². The first-order chi connectivity index (χ1) is 12.5. The highest BCUT2D eigenvalue weighted by atomic mass is 32.2. The molecule has 3 rings (SSSR count). The molecule has 0 saturated carbocycles. The summed E-state index contributed by atoms with van der Waals surface area (Å²) < 4.78 is 78.6. The smallest absolute Gasteiger partial charge is 0.381 e. The van der Waals surface area contributed by atoms with Gasteiger partial charge in [-0.3, -0.25) is 0 Å². The molecule has 0 amide bonds. The number of sulfone groups is 1. The molecule has 3 N–H and O–H groups in total. The van der Waals surface area contributed by atoms with Crippen molar-refractivity contribution in [2.75, 3.05) is 12.0 Å². The number of anilines is 1. The molecule has 0 spiro atoms. The molecule has 0 aliphatic rings. The van der Waals surface area contributed by atoms with Crippen LogP contribution in [0.15, 0.2) is 29.3 Å². The van der Waals surface area contributed by atoms with Gasteiger partial charge in [-0.2, -0.15) is 13.2 Å². The monoisotopic (exact) mass is 402 g/mol. The summed E-state index contributed by atoms with van der Waals surface area (Å²) in [5, 5.41) is 12.3. The average Bonchev–Trinajstić information content (AvgIpc) is 3.08. The highest BCUT2D eigenvalue weighted by Gasteiger charge is 2.39. The Morgan fingerprint density at radius 3 is 2.44 bits per heavy atom. The minimum absolute atomic E-state index is 0.00766. The van der Waals surface area contributed by atoms with Crippen molar-refractivity contribution in [3.8, 4) is 22.5 Å². The van der Waals surface area contributed by atoms with E-state index in [0.29, 0.717) is 12.3 Å². The zero-order valence-electron chi connectivity index (χ0n) is 13.4. The van der Waals surface area contributed by atoms with Crippen LogP contribution in [-0.2, 0) is 16.0 Å². The van der Waals surface area contributed by atoms with E-state index in [0.717, 1.165) is 18.3 Å². The number of hydrogen-bond donors (Lipinski definition) is 2. The molecular weight excluding hydrogens is 392 g/mol. The minimum atomic E-state index is -4.97. The maximum atomic E-state index is 13.8. The molecule has 0 fully saturated rings. The summed E-state index contributed by atoms with van der Waals surface area (Å²) in [5.74, 6) is -1.68. The lowest BCUT2D eigenvalue weighted by Gasteiger charge is -2.18. The SMILES string of the molecule is CS(=O)(=O)c1c(C(F)(F)F)ccc(-c2cnc(N)c(F)c2)c1-c1nnn[nH]1. The van der Waals surface area contributed by atoms with Crippen molar-refractivity contribution in [1.29, 1.82) is 0 Å². The predicted octanol–water partition coefficient (Wildman–Crippen LogP) is 2.07. The minimum Gasteiger partial charge on any atom is -0.381 e. The largest absolute Gasteiger partial charge is 0.417 e. The Balaban J connectivity index is 2.47. The number of nitrogens with one attached hydrogen (secondary N) is 1. The first-order valence-corrected chi connectivity index (χ1v) is 8.99. The third-order valence-electron chi connectivity index (χ3n) is 3.60. The van der Waals surface area contributed by atoms with Gasteiger partial charge in [0.15, 0.2) is 27.3 Å². The first-order valence-electron chi connectivity index (χ1n) is 7.10. The number of halogens is 4. The molecule has 2 heterocycles. The lowest BCUT2D eigenvalue weighted by molar-refractivity contribution is -0.139. The van der Waals surface area contributed by atoms with E-state index in [1.165, 1.54) is 0 Å². The van der Waals surface area contributed by atoms with E-state index in [1.807, 2.05) is 0 Å². The Morgan fingerprint density at radius 1 is 1.22 bits per heavy atom. The van der Waals surface area contributed by atoms with E-state index in [-0.39, 0.29) is 17.0 Å². The topological polar surface area (TPSA) is 128 Å². The van der Waals surface area contributed by atoms with Crippen LogP contribution in [0.3, 0.4) is 0 Å². The molecule has 8 nitrogen and oxygen atoms in total. The fourth-order valence-electron chi connectivity index (χ4n) is 2.53. The van der Waals surface area contributed by atoms with Crippen LogP contribution >= 0.6 is 0 Å². The quantitative estimate of drug-likeness (QED) is 0.642. The van der Waals surface area contributed by atoms with E-state index in [4.69, 9.17) is 5.73 Å². The number of rotatable bonds is 3. The fourth-order valence-corrected chi connectivity index (χ4v) is 3.69. The molecule has 2 aromatic heterocycles. The van der Waals surface area contributed by atoms with Gasteiger partial charge < -0.3 is 5.73 Å². The standard InChI is InChI=1S/C14H10F4N6O2S/c1-27(25,26)11-8(14(16,17)18)3-2-7(10(11)13-21-23-24-22-13)6-4-9(15)12(19)20-5-6/h2-5H,1H3,(H2,19,20)(H,21,22,23,24). The van der Waals surface area contributed by atoms with Crippen LogP contribution in [0.25, 0.3) is 22.5 Å². The number of nitrogen functional groups attached to an aromatic ring is 1. The van der Waals surface area contributed by atoms with Gasteiger partial charge in [0.2, 0.25) is 0 Å². The van der Waals surface area contributed by atoms with Crippen LogP contribution in [0.4, 0.5) is 23.4 Å². The second-order valence-electron chi connectivity index (χ2n) is 5.48. The fraction of sp³-hybridized carbons (Fsp3) is 0.143. The second kappa shape index (κ2) is 6.26. The van der Waals surface area contributed by atoms with Crippen LogP contribution in [0, 0.1) is 5.82 Å². The summed E-state index contributed by atoms with van der Waals surface area (Å²) in [7, 11) is -4.40. The van der Waals surface area contributed by atoms with Gasteiger partial charge in [0.25, 0.3) is 0 Å². The zero-order chi connectivity index (χ0) is 20.0. The van der Waals surface area contributed by atoms with E-state index < -0.39 is 43.7 Å². The number of nitrogens with zero attached hydrogens (tertiary/aromatic N) is 4. The van der Waals surface area contributed by atoms with Crippen molar-refractivity contribution in [2.45, 2.75) is 11.1 Å². The molecule has 0 radical (unpaired) electrons. The predicted molar refractivity (Wildman–Crippen MR) is 85.3 cm³/mol. The van der Waals surface area contributed by atoms with E-state index >= 15 is 0 Å². The van der Waals surface area contributed by atoms with Crippen molar-refractivity contribution in [1.82, 2.24) is 25.6 Å². The summed E-state index contributed by atoms with van der Waals surface area (Å²) in [5.41, 5.74) is 3.37. The van der Waals surface area contributed by atoms with Crippen molar-refractivity contribution in [3.63, 3.8) is 0 Å². The van der Waals surface area contributed by atoms with Crippen molar-refractivity contribution < 1.29 is 26.0 Å². The van der Waals surface area contributed by atoms with Gasteiger partial charge in [0.05, 0.1) is 10.5 Å². The number of benzene rings is 1. The maximum Gasteiger partial charge on any atom is 0.417 e. The number of nitrogens with two attached hydrogens (primary N) is 1. The average molecular weight is 402 g/mol. The molecule has 3 aromatic rings. The second-order valence-corrected chi connectivity index (χ2v) is 7.43. The molecule has 0 aliphatic carbocycles. The summed E-state index contributed by atoms with van der Waals surface area (Å²) in [6.45, 7) is 0. The summed E-state index contributed by atoms with van der Waals surface area (Å²) >= 11 is 0. The van der Waals surface area contributed by atoms with Gasteiger partial charge in [-0.05, 0) is 28.1 Å². The van der Waals surface area contributed by atoms with Crippen LogP contribution in [0.2, 0.25) is 0 Å². The van der Waals surface area contributed by atoms with Crippen molar-refractivity contribution >= 4 is 15.7 Å². The molecule has 27 heavy (non-hydrogen) atoms. The van der Waals surface area contributed by atoms with Gasteiger partial charge in [0.1, 0.15) is 0 Å². The van der Waals surface area contributed by atoms with E-state index in [1.54, 1.807) is 0 Å². The molecule has 0 bridgehead atoms. The summed E-state index contributed by atoms with van der Waals surface area (Å²) in [6, 6.07) is 2.50. The highest BCUT2D eigenvalue weighted by molar-refractivity contribution is 7.91. The molecule has 0 atom stereocenters. The summed E-state index contributed by atoms with van der Waals surface area (Å²) in [4.78, 5) is 2.57. The van der Waals surface area contributed by atoms with Gasteiger partial charge in [0, 0.05) is 23.6 Å². The van der Waals surface area contributed by atoms with Gasteiger partial charge in [-0.25, -0.2) is 22.9 Å². The molecule has 0 unspecified atom stereocenters. The highest BCUT2D eigenvalue weighted by Crippen LogP contribution is 2.43. The molecule has 0 aliphatic heterocycles. The van der Waals surface area contributed by atoms with Gasteiger partial charge in [-0.1, -0.05) is 6.07 Å². The molecule has 1 aromatic carbocycles. The van der Waals surface area contributed by atoms with Crippen LogP contribution in [-0.4, -0.2) is 40.3 Å². The first kappa shape index (κ1) is 18.7. The lowest BCUT2D eigenvalue weighted by atomic mass is 9.97. The zero-order valence-corrected chi connectivity index (χ0v) is 14.2. The third-order valence-corrected chi connectivity index (χ3v) is 4.76. The van der Waals surface area contributed by atoms with Crippen LogP contribution < -0.4 is 5.73 Å². The maximum absolute atomic E-state index is 13.8. The van der Waals surface area contributed by atoms with Gasteiger partial charge >= 0.3 is 6.18 Å². The van der Waals surface area contributed by atoms with Crippen molar-refractivity contribution in [3.05, 3.63) is 35.8 Å². The number of pyridine rings is 1. The van der Waals surface area contributed by atoms with Crippen molar-refractivity contribution in [2.24, 2.45) is 0 Å². The number of aromatic nitrogens is 5. The normalized spacial score (nSPS) is 12.3. The summed E-state index contributed by atoms with van der Waals surface area (Å²) in [6.07, 6.45) is -3.25. The number of hydrogen-bond acceptors (Lipinski definition) is 7. The molecular formula is C14H10F4N6O2S. The Hall–Kier alpha value is -3.09. The Kier molecular flexibility index (Phi) is 4.34. The van der Waals surface area contributed by atoms with E-state index in [2.05, 4.69) is 25.6 Å². The number of alkyl halides is 3. The van der Waals surface area contributed by atoms with Gasteiger partial charge in [-0.15, -0.1) is 5.10 Å². The van der Waals surface area contributed by atoms with Crippen LogP contribution in [0.1, 0.15) is 5.56 Å². The number of aromatic amines is 1. The lowest BCUT2D eigenvalue weighted by Crippen LogP contribution is -2.15. The number of H-pyrrole nitrogens is 1. The Labute approximate surface area is 149 Å².